The zero-order valence-corrected chi connectivity index (χ0v) is 11.5. The van der Waals surface area contributed by atoms with Gasteiger partial charge in [-0.05, 0) is 56.5 Å². The second-order valence-corrected chi connectivity index (χ2v) is 4.94. The van der Waals surface area contributed by atoms with Crippen LogP contribution in [-0.4, -0.2) is 13.1 Å². The van der Waals surface area contributed by atoms with E-state index in [0.717, 1.165) is 35.7 Å². The molecule has 90 valence electrons. The summed E-state index contributed by atoms with van der Waals surface area (Å²) in [5, 5.41) is 3.26. The number of halogens is 2. The van der Waals surface area contributed by atoms with Crippen molar-refractivity contribution in [3.05, 3.63) is 34.1 Å². The van der Waals surface area contributed by atoms with Crippen LogP contribution in [-0.2, 0) is 6.42 Å². The zero-order chi connectivity index (χ0) is 12.0. The molecule has 0 radical (unpaired) electrons. The quantitative estimate of drug-likeness (QED) is 0.837. The van der Waals surface area contributed by atoms with E-state index in [-0.39, 0.29) is 5.82 Å². The fraction of sp³-hybridized carbons (Fsp3) is 0.538. The summed E-state index contributed by atoms with van der Waals surface area (Å²) in [4.78, 5) is 0. The van der Waals surface area contributed by atoms with Gasteiger partial charge in [-0.25, -0.2) is 4.39 Å². The van der Waals surface area contributed by atoms with E-state index in [1.807, 2.05) is 13.1 Å². The van der Waals surface area contributed by atoms with Crippen LogP contribution in [0.4, 0.5) is 4.39 Å². The van der Waals surface area contributed by atoms with Crippen LogP contribution in [0.3, 0.4) is 0 Å². The summed E-state index contributed by atoms with van der Waals surface area (Å²) in [6.45, 7) is 2.17. The molecule has 0 fully saturated rings. The second kappa shape index (κ2) is 7.02. The predicted molar refractivity (Wildman–Crippen MR) is 70.2 cm³/mol. The Kier molecular flexibility index (Phi) is 5.99. The van der Waals surface area contributed by atoms with Crippen molar-refractivity contribution in [1.82, 2.24) is 5.32 Å². The van der Waals surface area contributed by atoms with E-state index >= 15 is 0 Å². The van der Waals surface area contributed by atoms with Crippen molar-refractivity contribution in [3.63, 3.8) is 0 Å². The number of hydrogen-bond acceptors (Lipinski definition) is 1. The normalized spacial score (nSPS) is 12.8. The minimum Gasteiger partial charge on any atom is -0.317 e. The number of hydrogen-bond donors (Lipinski definition) is 1. The van der Waals surface area contributed by atoms with Gasteiger partial charge in [-0.3, -0.25) is 0 Å². The van der Waals surface area contributed by atoms with Crippen LogP contribution < -0.4 is 5.32 Å². The van der Waals surface area contributed by atoms with E-state index < -0.39 is 0 Å². The molecule has 1 atom stereocenters. The third-order valence-electron chi connectivity index (χ3n) is 2.91. The van der Waals surface area contributed by atoms with Crippen LogP contribution in [0.1, 0.15) is 31.7 Å². The average Bonchev–Trinajstić information content (AvgIpc) is 2.29. The highest BCUT2D eigenvalue weighted by Crippen LogP contribution is 2.18. The molecule has 0 aromatic heterocycles. The summed E-state index contributed by atoms with van der Waals surface area (Å²) in [7, 11) is 1.98. The molecule has 1 aromatic carbocycles. The van der Waals surface area contributed by atoms with Gasteiger partial charge in [0.2, 0.25) is 0 Å². The molecule has 16 heavy (non-hydrogen) atoms. The molecule has 1 nitrogen and oxygen atoms in total. The Labute approximate surface area is 106 Å². The minimum atomic E-state index is -0.0966. The highest BCUT2D eigenvalue weighted by Gasteiger charge is 2.05. The van der Waals surface area contributed by atoms with Crippen molar-refractivity contribution in [2.24, 2.45) is 0 Å². The highest BCUT2D eigenvalue weighted by atomic mass is 79.9. The van der Waals surface area contributed by atoms with Crippen LogP contribution in [0.25, 0.3) is 0 Å². The maximum Gasteiger partial charge on any atom is 0.126 e. The van der Waals surface area contributed by atoms with Gasteiger partial charge in [0.15, 0.2) is 0 Å². The summed E-state index contributed by atoms with van der Waals surface area (Å²) in [5.41, 5.74) is 0.806. The molecule has 0 saturated heterocycles. The first-order valence-electron chi connectivity index (χ1n) is 5.78. The fourth-order valence-electron chi connectivity index (χ4n) is 1.83. The average molecular weight is 288 g/mol. The van der Waals surface area contributed by atoms with E-state index in [0.29, 0.717) is 6.04 Å². The molecule has 0 spiro atoms. The predicted octanol–water partition coefficient (Wildman–Crippen LogP) is 3.91. The molecule has 3 heteroatoms. The molecule has 0 amide bonds. The number of benzene rings is 1. The van der Waals surface area contributed by atoms with Crippen molar-refractivity contribution >= 4 is 15.9 Å². The van der Waals surface area contributed by atoms with E-state index in [9.17, 15) is 4.39 Å². The molecule has 1 unspecified atom stereocenters. The van der Waals surface area contributed by atoms with Gasteiger partial charge in [0.1, 0.15) is 5.82 Å². The number of aryl methyl sites for hydroxylation is 1. The summed E-state index contributed by atoms with van der Waals surface area (Å²) >= 11 is 3.37. The van der Waals surface area contributed by atoms with Crippen molar-refractivity contribution in [3.8, 4) is 0 Å². The molecule has 0 aliphatic heterocycles. The Bertz CT molecular complexity index is 324. The molecular formula is C13H19BrFN. The lowest BCUT2D eigenvalue weighted by Crippen LogP contribution is -2.24. The summed E-state index contributed by atoms with van der Waals surface area (Å²) < 4.78 is 14.4. The first-order chi connectivity index (χ1) is 7.67. The standard InChI is InChI=1S/C13H19BrFN/c1-3-12(16-2)6-4-5-10-9-11(14)7-8-13(10)15/h7-9,12,16H,3-6H2,1-2H3. The van der Waals surface area contributed by atoms with E-state index in [4.69, 9.17) is 0 Å². The van der Waals surface area contributed by atoms with Crippen molar-refractivity contribution in [2.45, 2.75) is 38.6 Å². The van der Waals surface area contributed by atoms with Crippen LogP contribution in [0.5, 0.6) is 0 Å². The van der Waals surface area contributed by atoms with Gasteiger partial charge in [-0.15, -0.1) is 0 Å². The molecule has 1 aromatic rings. The van der Waals surface area contributed by atoms with Gasteiger partial charge in [0.25, 0.3) is 0 Å². The van der Waals surface area contributed by atoms with Crippen LogP contribution in [0.15, 0.2) is 22.7 Å². The Morgan fingerprint density at radius 1 is 1.44 bits per heavy atom. The monoisotopic (exact) mass is 287 g/mol. The Hall–Kier alpha value is -0.410. The summed E-state index contributed by atoms with van der Waals surface area (Å²) in [6.07, 6.45) is 4.05. The summed E-state index contributed by atoms with van der Waals surface area (Å²) in [5.74, 6) is -0.0966. The van der Waals surface area contributed by atoms with Gasteiger partial charge in [0, 0.05) is 10.5 Å². The number of rotatable bonds is 6. The molecule has 0 aliphatic carbocycles. The topological polar surface area (TPSA) is 12.0 Å². The fourth-order valence-corrected chi connectivity index (χ4v) is 2.23. The van der Waals surface area contributed by atoms with Crippen LogP contribution >= 0.6 is 15.9 Å². The summed E-state index contributed by atoms with van der Waals surface area (Å²) in [6, 6.07) is 5.68. The highest BCUT2D eigenvalue weighted by molar-refractivity contribution is 9.10. The molecule has 0 saturated carbocycles. The molecule has 1 rings (SSSR count). The van der Waals surface area contributed by atoms with Crippen LogP contribution in [0.2, 0.25) is 0 Å². The maximum atomic E-state index is 13.4. The lowest BCUT2D eigenvalue weighted by molar-refractivity contribution is 0.488. The van der Waals surface area contributed by atoms with Gasteiger partial charge in [0.05, 0.1) is 0 Å². The molecular weight excluding hydrogens is 269 g/mol. The van der Waals surface area contributed by atoms with E-state index in [1.165, 1.54) is 6.07 Å². The maximum absolute atomic E-state index is 13.4. The van der Waals surface area contributed by atoms with Gasteiger partial charge in [-0.2, -0.15) is 0 Å². The van der Waals surface area contributed by atoms with E-state index in [1.54, 1.807) is 6.07 Å². The zero-order valence-electron chi connectivity index (χ0n) is 9.89. The van der Waals surface area contributed by atoms with E-state index in [2.05, 4.69) is 28.2 Å². The third kappa shape index (κ3) is 4.22. The minimum absolute atomic E-state index is 0.0966. The largest absolute Gasteiger partial charge is 0.317 e. The molecule has 0 heterocycles. The van der Waals surface area contributed by atoms with Crippen LogP contribution in [0, 0.1) is 5.82 Å². The second-order valence-electron chi connectivity index (χ2n) is 4.02. The van der Waals surface area contributed by atoms with Crippen molar-refractivity contribution in [2.75, 3.05) is 7.05 Å². The Balaban J connectivity index is 2.45. The molecule has 1 N–H and O–H groups in total. The SMILES string of the molecule is CCC(CCCc1cc(Br)ccc1F)NC. The van der Waals surface area contributed by atoms with Crippen molar-refractivity contribution < 1.29 is 4.39 Å². The van der Waals surface area contributed by atoms with Gasteiger partial charge < -0.3 is 5.32 Å². The smallest absolute Gasteiger partial charge is 0.126 e. The van der Waals surface area contributed by atoms with Crippen molar-refractivity contribution in [1.29, 1.82) is 0 Å². The number of nitrogens with one attached hydrogen (secondary N) is 1. The Morgan fingerprint density at radius 3 is 2.81 bits per heavy atom. The Morgan fingerprint density at radius 2 is 2.19 bits per heavy atom. The first kappa shape index (κ1) is 13.7. The van der Waals surface area contributed by atoms with Gasteiger partial charge in [-0.1, -0.05) is 22.9 Å². The van der Waals surface area contributed by atoms with Gasteiger partial charge >= 0.3 is 0 Å². The third-order valence-corrected chi connectivity index (χ3v) is 3.40. The lowest BCUT2D eigenvalue weighted by Gasteiger charge is -2.13. The lowest BCUT2D eigenvalue weighted by atomic mass is 10.0. The molecule has 0 aliphatic rings. The first-order valence-corrected chi connectivity index (χ1v) is 6.57. The molecule has 0 bridgehead atoms.